The largest absolute Gasteiger partial charge is 0.345 e. The van der Waals surface area contributed by atoms with E-state index in [1.54, 1.807) is 6.07 Å². The number of hydrogen-bond donors (Lipinski definition) is 2. The maximum absolute atomic E-state index is 12.3. The average Bonchev–Trinajstić information content (AvgIpc) is 2.62. The fraction of sp³-hybridized carbons (Fsp3) is 0.250. The smallest absolute Gasteiger partial charge is 0.263 e. The third-order valence-electron chi connectivity index (χ3n) is 3.85. The van der Waals surface area contributed by atoms with Crippen LogP contribution in [0, 0.1) is 18.3 Å². The second-order valence-electron chi connectivity index (χ2n) is 5.77. The van der Waals surface area contributed by atoms with Gasteiger partial charge in [-0.2, -0.15) is 5.26 Å². The molecule has 128 valence electrons. The number of nitrogens with zero attached hydrogens (tertiary/aromatic N) is 2. The van der Waals surface area contributed by atoms with Crippen molar-refractivity contribution < 1.29 is 4.79 Å². The molecule has 5 nitrogen and oxygen atoms in total. The monoisotopic (exact) mass is 334 g/mol. The summed E-state index contributed by atoms with van der Waals surface area (Å²) in [4.78, 5) is 16.6. The van der Waals surface area contributed by atoms with Gasteiger partial charge < -0.3 is 10.6 Å². The molecule has 0 aliphatic carbocycles. The van der Waals surface area contributed by atoms with Gasteiger partial charge in [0.25, 0.3) is 5.91 Å². The second kappa shape index (κ2) is 8.65. The van der Waals surface area contributed by atoms with Crippen LogP contribution in [0.25, 0.3) is 0 Å². The summed E-state index contributed by atoms with van der Waals surface area (Å²) in [6, 6.07) is 15.3. The zero-order valence-corrected chi connectivity index (χ0v) is 14.7. The van der Waals surface area contributed by atoms with Crippen molar-refractivity contribution in [3.63, 3.8) is 0 Å². The van der Waals surface area contributed by atoms with Crippen LogP contribution in [0.2, 0.25) is 0 Å². The van der Waals surface area contributed by atoms with Crippen LogP contribution < -0.4 is 10.6 Å². The summed E-state index contributed by atoms with van der Waals surface area (Å²) in [6.45, 7) is 5.86. The fourth-order valence-electron chi connectivity index (χ4n) is 2.32. The van der Waals surface area contributed by atoms with E-state index in [1.807, 2.05) is 56.3 Å². The van der Waals surface area contributed by atoms with E-state index in [0.29, 0.717) is 5.82 Å². The minimum Gasteiger partial charge on any atom is -0.345 e. The molecule has 1 amide bonds. The van der Waals surface area contributed by atoms with E-state index in [0.717, 1.165) is 17.7 Å². The molecule has 0 bridgehead atoms. The summed E-state index contributed by atoms with van der Waals surface area (Å²) in [7, 11) is 0. The lowest BCUT2D eigenvalue weighted by Crippen LogP contribution is -2.28. The average molecular weight is 334 g/mol. The molecular formula is C20H22N4O. The van der Waals surface area contributed by atoms with Crippen molar-refractivity contribution in [3.8, 4) is 6.07 Å². The summed E-state index contributed by atoms with van der Waals surface area (Å²) in [5.74, 6) is 0.165. The quantitative estimate of drug-likeness (QED) is 0.624. The summed E-state index contributed by atoms with van der Waals surface area (Å²) in [6.07, 6.45) is 2.35. The highest BCUT2D eigenvalue weighted by Gasteiger charge is 2.13. The van der Waals surface area contributed by atoms with Gasteiger partial charge in [0.15, 0.2) is 0 Å². The van der Waals surface area contributed by atoms with Crippen molar-refractivity contribution in [2.75, 3.05) is 5.32 Å². The topological polar surface area (TPSA) is 77.8 Å². The number of carbonyl (C=O) groups is 1. The van der Waals surface area contributed by atoms with Crippen molar-refractivity contribution in [1.29, 1.82) is 5.26 Å². The number of benzene rings is 1. The molecule has 1 atom stereocenters. The molecule has 0 saturated carbocycles. The van der Waals surface area contributed by atoms with Gasteiger partial charge in [-0.1, -0.05) is 37.3 Å². The number of anilines is 1. The highest BCUT2D eigenvalue weighted by atomic mass is 16.1. The minimum absolute atomic E-state index is 0.000310. The summed E-state index contributed by atoms with van der Waals surface area (Å²) < 4.78 is 0. The molecule has 1 heterocycles. The first kappa shape index (κ1) is 18.2. The van der Waals surface area contributed by atoms with Crippen molar-refractivity contribution in [2.24, 2.45) is 0 Å². The first-order chi connectivity index (χ1) is 12.0. The number of nitriles is 1. The lowest BCUT2D eigenvalue weighted by atomic mass is 10.0. The number of nitrogens with one attached hydrogen (secondary N) is 2. The van der Waals surface area contributed by atoms with Gasteiger partial charge in [-0.05, 0) is 43.5 Å². The second-order valence-corrected chi connectivity index (χ2v) is 5.77. The molecule has 0 aliphatic rings. The Morgan fingerprint density at radius 1 is 1.28 bits per heavy atom. The Kier molecular flexibility index (Phi) is 6.30. The molecule has 1 aromatic heterocycles. The van der Waals surface area contributed by atoms with Crippen LogP contribution in [0.1, 0.15) is 36.7 Å². The van der Waals surface area contributed by atoms with Gasteiger partial charge in [-0.25, -0.2) is 4.98 Å². The van der Waals surface area contributed by atoms with Crippen LogP contribution in [0.5, 0.6) is 0 Å². The number of hydrogen-bond acceptors (Lipinski definition) is 4. The number of carbonyl (C=O) groups excluding carboxylic acids is 1. The zero-order chi connectivity index (χ0) is 18.2. The summed E-state index contributed by atoms with van der Waals surface area (Å²) >= 11 is 0. The standard InChI is InChI=1S/C20H22N4O/c1-4-16-8-10-17(11-9-16)15(3)24-20(25)18(12-21)13-22-19-7-5-6-14(2)23-19/h5-11,13,15H,4H2,1-3H3,(H,22,23)(H,24,25)/b18-13-. The maximum Gasteiger partial charge on any atom is 0.263 e. The highest BCUT2D eigenvalue weighted by molar-refractivity contribution is 5.97. The van der Waals surface area contributed by atoms with Crippen LogP contribution in [0.3, 0.4) is 0 Å². The molecule has 5 heteroatoms. The van der Waals surface area contributed by atoms with Gasteiger partial charge >= 0.3 is 0 Å². The van der Waals surface area contributed by atoms with E-state index in [-0.39, 0.29) is 11.6 Å². The van der Waals surface area contributed by atoms with Crippen molar-refractivity contribution in [2.45, 2.75) is 33.2 Å². The molecule has 1 unspecified atom stereocenters. The third-order valence-corrected chi connectivity index (χ3v) is 3.85. The Morgan fingerprint density at radius 2 is 2.00 bits per heavy atom. The number of amides is 1. The Balaban J connectivity index is 2.03. The van der Waals surface area contributed by atoms with Crippen LogP contribution in [0.15, 0.2) is 54.2 Å². The summed E-state index contributed by atoms with van der Waals surface area (Å²) in [5.41, 5.74) is 3.09. The molecule has 0 aliphatic heterocycles. The SMILES string of the molecule is CCc1ccc(C(C)NC(=O)/C(C#N)=C\Nc2cccc(C)n2)cc1. The molecule has 0 fully saturated rings. The van der Waals surface area contributed by atoms with Gasteiger partial charge in [0, 0.05) is 11.9 Å². The van der Waals surface area contributed by atoms with E-state index >= 15 is 0 Å². The number of rotatable bonds is 6. The van der Waals surface area contributed by atoms with E-state index in [9.17, 15) is 10.1 Å². The van der Waals surface area contributed by atoms with Crippen LogP contribution in [-0.2, 0) is 11.2 Å². The van der Waals surface area contributed by atoms with Gasteiger partial charge in [-0.3, -0.25) is 4.79 Å². The molecule has 0 saturated heterocycles. The number of aromatic nitrogens is 1. The zero-order valence-electron chi connectivity index (χ0n) is 14.7. The number of pyridine rings is 1. The lowest BCUT2D eigenvalue weighted by Gasteiger charge is -2.14. The summed E-state index contributed by atoms with van der Waals surface area (Å²) in [5, 5.41) is 15.0. The lowest BCUT2D eigenvalue weighted by molar-refractivity contribution is -0.117. The van der Waals surface area contributed by atoms with Crippen LogP contribution >= 0.6 is 0 Å². The van der Waals surface area contributed by atoms with Crippen molar-refractivity contribution in [3.05, 3.63) is 71.1 Å². The van der Waals surface area contributed by atoms with Crippen LogP contribution in [-0.4, -0.2) is 10.9 Å². The molecule has 1 aromatic carbocycles. The molecule has 0 spiro atoms. The van der Waals surface area contributed by atoms with Gasteiger partial charge in [-0.15, -0.1) is 0 Å². The fourth-order valence-corrected chi connectivity index (χ4v) is 2.32. The molecule has 2 aromatic rings. The normalized spacial score (nSPS) is 12.2. The Bertz CT molecular complexity index is 803. The molecule has 2 N–H and O–H groups in total. The van der Waals surface area contributed by atoms with Crippen molar-refractivity contribution in [1.82, 2.24) is 10.3 Å². The predicted octanol–water partition coefficient (Wildman–Crippen LogP) is 3.65. The first-order valence-electron chi connectivity index (χ1n) is 8.23. The Morgan fingerprint density at radius 3 is 2.60 bits per heavy atom. The minimum atomic E-state index is -0.422. The first-order valence-corrected chi connectivity index (χ1v) is 8.23. The molecular weight excluding hydrogens is 312 g/mol. The molecule has 0 radical (unpaired) electrons. The van der Waals surface area contributed by atoms with Gasteiger partial charge in [0.1, 0.15) is 17.5 Å². The molecule has 2 rings (SSSR count). The third kappa shape index (κ3) is 5.18. The van der Waals surface area contributed by atoms with E-state index in [4.69, 9.17) is 0 Å². The predicted molar refractivity (Wildman–Crippen MR) is 98.7 cm³/mol. The van der Waals surface area contributed by atoms with E-state index in [1.165, 1.54) is 11.8 Å². The van der Waals surface area contributed by atoms with E-state index < -0.39 is 5.91 Å². The Hall–Kier alpha value is -3.13. The van der Waals surface area contributed by atoms with Crippen LogP contribution in [0.4, 0.5) is 5.82 Å². The van der Waals surface area contributed by atoms with E-state index in [2.05, 4.69) is 22.5 Å². The molecule has 25 heavy (non-hydrogen) atoms. The van der Waals surface area contributed by atoms with Crippen molar-refractivity contribution >= 4 is 11.7 Å². The Labute approximate surface area is 148 Å². The number of aryl methyl sites for hydroxylation is 2. The van der Waals surface area contributed by atoms with Gasteiger partial charge in [0.05, 0.1) is 6.04 Å². The highest BCUT2D eigenvalue weighted by Crippen LogP contribution is 2.14. The maximum atomic E-state index is 12.3. The van der Waals surface area contributed by atoms with Gasteiger partial charge in [0.2, 0.25) is 0 Å².